The summed E-state index contributed by atoms with van der Waals surface area (Å²) in [5.74, 6) is 0.142. The van der Waals surface area contributed by atoms with Gasteiger partial charge in [0.2, 0.25) is 0 Å². The van der Waals surface area contributed by atoms with Crippen molar-refractivity contribution in [2.45, 2.75) is 44.6 Å². The van der Waals surface area contributed by atoms with Crippen molar-refractivity contribution in [3.8, 4) is 0 Å². The average molecular weight is 326 g/mol. The highest BCUT2D eigenvalue weighted by molar-refractivity contribution is 7.86. The Morgan fingerprint density at radius 1 is 1.27 bits per heavy atom. The molecule has 1 aromatic rings. The van der Waals surface area contributed by atoms with E-state index in [1.54, 1.807) is 12.1 Å². The van der Waals surface area contributed by atoms with Crippen molar-refractivity contribution in [2.75, 3.05) is 6.61 Å². The van der Waals surface area contributed by atoms with Gasteiger partial charge >= 0.3 is 5.97 Å². The van der Waals surface area contributed by atoms with Crippen molar-refractivity contribution in [1.29, 1.82) is 0 Å². The minimum absolute atomic E-state index is 0.0146. The van der Waals surface area contributed by atoms with Crippen LogP contribution in [0.2, 0.25) is 0 Å². The summed E-state index contributed by atoms with van der Waals surface area (Å²) in [6.07, 6.45) is 0.649. The van der Waals surface area contributed by atoms with Gasteiger partial charge in [0, 0.05) is 5.92 Å². The summed E-state index contributed by atoms with van der Waals surface area (Å²) in [5, 5.41) is 0. The summed E-state index contributed by atoms with van der Waals surface area (Å²) in [5.41, 5.74) is 0.973. The lowest BCUT2D eigenvalue weighted by Gasteiger charge is -2.18. The van der Waals surface area contributed by atoms with Gasteiger partial charge in [-0.2, -0.15) is 8.42 Å². The smallest absolute Gasteiger partial charge is 0.306 e. The molecule has 1 heterocycles. The maximum absolute atomic E-state index is 12.1. The number of carbonyl (C=O) groups excluding carboxylic acids is 1. The number of ether oxygens (including phenoxy) is 1. The van der Waals surface area contributed by atoms with Gasteiger partial charge in [-0.15, -0.1) is 0 Å². The van der Waals surface area contributed by atoms with E-state index in [0.29, 0.717) is 12.3 Å². The van der Waals surface area contributed by atoms with Gasteiger partial charge in [0.1, 0.15) is 12.7 Å². The zero-order chi connectivity index (χ0) is 16.3. The van der Waals surface area contributed by atoms with Crippen LogP contribution in [-0.4, -0.2) is 27.1 Å². The second kappa shape index (κ2) is 6.79. The van der Waals surface area contributed by atoms with Crippen LogP contribution in [0.5, 0.6) is 0 Å². The predicted octanol–water partition coefficient (Wildman–Crippen LogP) is 2.68. The lowest BCUT2D eigenvalue weighted by molar-refractivity contribution is -0.142. The van der Waals surface area contributed by atoms with E-state index in [0.717, 1.165) is 12.0 Å². The van der Waals surface area contributed by atoms with E-state index >= 15 is 0 Å². The average Bonchev–Trinajstić information content (AvgIpc) is 2.76. The second-order valence-corrected chi connectivity index (χ2v) is 7.79. The number of carbonyl (C=O) groups is 1. The molecule has 0 amide bonds. The first-order valence-corrected chi connectivity index (χ1v) is 8.84. The van der Waals surface area contributed by atoms with Gasteiger partial charge in [-0.25, -0.2) is 0 Å². The van der Waals surface area contributed by atoms with E-state index < -0.39 is 16.2 Å². The van der Waals surface area contributed by atoms with Gasteiger partial charge in [-0.05, 0) is 31.4 Å². The molecule has 122 valence electrons. The number of aryl methyl sites for hydroxylation is 1. The van der Waals surface area contributed by atoms with E-state index in [4.69, 9.17) is 8.92 Å². The van der Waals surface area contributed by atoms with Gasteiger partial charge in [-0.1, -0.05) is 31.5 Å². The van der Waals surface area contributed by atoms with Crippen molar-refractivity contribution in [3.05, 3.63) is 29.8 Å². The van der Waals surface area contributed by atoms with Crippen LogP contribution in [0.25, 0.3) is 0 Å². The van der Waals surface area contributed by atoms with Gasteiger partial charge in [-0.3, -0.25) is 8.98 Å². The molecule has 1 fully saturated rings. The van der Waals surface area contributed by atoms with E-state index in [9.17, 15) is 13.2 Å². The summed E-state index contributed by atoms with van der Waals surface area (Å²) >= 11 is 0. The molecule has 0 radical (unpaired) electrons. The Bertz CT molecular complexity index is 618. The van der Waals surface area contributed by atoms with Crippen molar-refractivity contribution in [1.82, 2.24) is 0 Å². The van der Waals surface area contributed by atoms with Crippen LogP contribution in [-0.2, 0) is 23.8 Å². The number of hydrogen-bond acceptors (Lipinski definition) is 5. The third kappa shape index (κ3) is 4.30. The van der Waals surface area contributed by atoms with E-state index in [1.807, 2.05) is 6.92 Å². The van der Waals surface area contributed by atoms with Crippen molar-refractivity contribution in [2.24, 2.45) is 11.8 Å². The third-order valence-electron chi connectivity index (χ3n) is 3.71. The predicted molar refractivity (Wildman–Crippen MR) is 81.8 cm³/mol. The molecule has 2 rings (SSSR count). The molecule has 0 bridgehead atoms. The SMILES string of the molecule is Cc1ccc(S(=O)(=O)OC[C@H]2OC(=O)CC2CC(C)C)cc1. The Balaban J connectivity index is 2.01. The monoisotopic (exact) mass is 326 g/mol. The molecule has 1 saturated heterocycles. The Kier molecular flexibility index (Phi) is 5.24. The minimum atomic E-state index is -3.83. The summed E-state index contributed by atoms with van der Waals surface area (Å²) in [4.78, 5) is 11.6. The van der Waals surface area contributed by atoms with Crippen LogP contribution in [0, 0.1) is 18.8 Å². The number of cyclic esters (lactones) is 1. The van der Waals surface area contributed by atoms with Crippen molar-refractivity contribution < 1.29 is 22.1 Å². The maximum Gasteiger partial charge on any atom is 0.306 e. The fourth-order valence-electron chi connectivity index (χ4n) is 2.60. The summed E-state index contributed by atoms with van der Waals surface area (Å²) in [6.45, 7) is 5.87. The molecule has 22 heavy (non-hydrogen) atoms. The highest BCUT2D eigenvalue weighted by atomic mass is 32.2. The molecule has 1 aliphatic rings. The summed E-state index contributed by atoms with van der Waals surface area (Å²) < 4.78 is 34.6. The maximum atomic E-state index is 12.1. The van der Waals surface area contributed by atoms with Crippen LogP contribution in [0.3, 0.4) is 0 Å². The Hall–Kier alpha value is -1.40. The molecule has 6 heteroatoms. The van der Waals surface area contributed by atoms with Crippen molar-refractivity contribution in [3.63, 3.8) is 0 Å². The van der Waals surface area contributed by atoms with Gasteiger partial charge in [0.05, 0.1) is 11.3 Å². The number of hydrogen-bond donors (Lipinski definition) is 0. The largest absolute Gasteiger partial charge is 0.460 e. The molecule has 0 N–H and O–H groups in total. The molecule has 0 aromatic heterocycles. The van der Waals surface area contributed by atoms with Gasteiger partial charge in [0.15, 0.2) is 0 Å². The van der Waals surface area contributed by atoms with Crippen molar-refractivity contribution >= 4 is 16.1 Å². The quantitative estimate of drug-likeness (QED) is 0.594. The molecular formula is C16H22O5S. The van der Waals surface area contributed by atoms with E-state index in [2.05, 4.69) is 13.8 Å². The fourth-order valence-corrected chi connectivity index (χ4v) is 3.52. The molecule has 1 aromatic carbocycles. The summed E-state index contributed by atoms with van der Waals surface area (Å²) in [6, 6.07) is 6.45. The normalized spacial score (nSPS) is 22.1. The molecule has 0 spiro atoms. The lowest BCUT2D eigenvalue weighted by atomic mass is 9.91. The second-order valence-electron chi connectivity index (χ2n) is 6.17. The first kappa shape index (κ1) is 17.0. The van der Waals surface area contributed by atoms with E-state index in [-0.39, 0.29) is 23.4 Å². The number of esters is 1. The van der Waals surface area contributed by atoms with Crippen LogP contribution < -0.4 is 0 Å². The molecular weight excluding hydrogens is 304 g/mol. The lowest BCUT2D eigenvalue weighted by Crippen LogP contribution is -2.25. The first-order chi connectivity index (χ1) is 10.3. The number of rotatable bonds is 6. The molecule has 1 unspecified atom stereocenters. The van der Waals surface area contributed by atoms with E-state index in [1.165, 1.54) is 12.1 Å². The molecule has 2 atom stereocenters. The minimum Gasteiger partial charge on any atom is -0.460 e. The first-order valence-electron chi connectivity index (χ1n) is 7.43. The third-order valence-corrected chi connectivity index (χ3v) is 5.00. The standard InChI is InChI=1S/C16H22O5S/c1-11(2)8-13-9-16(17)21-15(13)10-20-22(18,19)14-6-4-12(3)5-7-14/h4-7,11,13,15H,8-10H2,1-3H3/t13?,15-/m1/s1. The molecule has 0 aliphatic carbocycles. The van der Waals surface area contributed by atoms with Crippen LogP contribution in [0.15, 0.2) is 29.2 Å². The van der Waals surface area contributed by atoms with Crippen LogP contribution in [0.1, 0.15) is 32.3 Å². The topological polar surface area (TPSA) is 69.7 Å². The van der Waals surface area contributed by atoms with Crippen LogP contribution >= 0.6 is 0 Å². The highest BCUT2D eigenvalue weighted by Gasteiger charge is 2.36. The fraction of sp³-hybridized carbons (Fsp3) is 0.562. The zero-order valence-electron chi connectivity index (χ0n) is 13.1. The number of benzene rings is 1. The molecule has 5 nitrogen and oxygen atoms in total. The molecule has 0 saturated carbocycles. The molecule has 1 aliphatic heterocycles. The van der Waals surface area contributed by atoms with Gasteiger partial charge < -0.3 is 4.74 Å². The Morgan fingerprint density at radius 3 is 2.50 bits per heavy atom. The summed E-state index contributed by atoms with van der Waals surface area (Å²) in [7, 11) is -3.83. The van der Waals surface area contributed by atoms with Crippen LogP contribution in [0.4, 0.5) is 0 Å². The Morgan fingerprint density at radius 2 is 1.91 bits per heavy atom. The highest BCUT2D eigenvalue weighted by Crippen LogP contribution is 2.29. The van der Waals surface area contributed by atoms with Gasteiger partial charge in [0.25, 0.3) is 10.1 Å². The zero-order valence-corrected chi connectivity index (χ0v) is 13.9. The Labute approximate surface area is 131 Å².